The van der Waals surface area contributed by atoms with Gasteiger partial charge in [0.1, 0.15) is 6.04 Å². The fourth-order valence-corrected chi connectivity index (χ4v) is 5.41. The largest absolute Gasteiger partial charge is 0.357 e. The minimum absolute atomic E-state index is 0.0441. The fourth-order valence-electron chi connectivity index (χ4n) is 4.14. The lowest BCUT2D eigenvalue weighted by atomic mass is 10.0. The monoisotopic (exact) mass is 575 g/mol. The highest BCUT2D eigenvalue weighted by molar-refractivity contribution is 7.92. The van der Waals surface area contributed by atoms with Crippen LogP contribution in [0.3, 0.4) is 0 Å². The number of likely N-dealkylation sites (N-methyl/N-ethyl adjacent to an activating group) is 1. The van der Waals surface area contributed by atoms with Crippen LogP contribution in [-0.2, 0) is 32.6 Å². The number of hydrogen-bond acceptors (Lipinski definition) is 4. The molecule has 2 amide bonds. The summed E-state index contributed by atoms with van der Waals surface area (Å²) in [5, 5.41) is 3.67. The predicted octanol–water partition coefficient (Wildman–Crippen LogP) is 4.93. The van der Waals surface area contributed by atoms with Gasteiger partial charge < -0.3 is 10.2 Å². The summed E-state index contributed by atoms with van der Waals surface area (Å²) in [4.78, 5) is 28.2. The maximum atomic E-state index is 13.6. The topological polar surface area (TPSA) is 86.8 Å². The van der Waals surface area contributed by atoms with Gasteiger partial charge in [0.15, 0.2) is 0 Å². The number of hydrogen-bond donors (Lipinski definition) is 1. The van der Waals surface area contributed by atoms with E-state index in [4.69, 9.17) is 23.2 Å². The van der Waals surface area contributed by atoms with Gasteiger partial charge in [0, 0.05) is 43.0 Å². The lowest BCUT2D eigenvalue weighted by molar-refractivity contribution is -0.141. The Morgan fingerprint density at radius 3 is 2.18 bits per heavy atom. The van der Waals surface area contributed by atoms with E-state index in [-0.39, 0.29) is 37.7 Å². The second kappa shape index (κ2) is 13.6. The second-order valence-electron chi connectivity index (χ2n) is 8.89. The number of anilines is 1. The molecular weight excluding hydrogens is 545 g/mol. The molecule has 0 saturated heterocycles. The zero-order chi connectivity index (χ0) is 27.7. The van der Waals surface area contributed by atoms with Crippen LogP contribution in [0.2, 0.25) is 10.0 Å². The Kier molecular flexibility index (Phi) is 10.6. The van der Waals surface area contributed by atoms with Crippen molar-refractivity contribution in [3.63, 3.8) is 0 Å². The van der Waals surface area contributed by atoms with E-state index < -0.39 is 16.1 Å². The number of amides is 2. The molecule has 1 N–H and O–H groups in total. The van der Waals surface area contributed by atoms with E-state index in [0.717, 1.165) is 17.4 Å². The van der Waals surface area contributed by atoms with Gasteiger partial charge in [0.2, 0.25) is 21.8 Å². The first-order valence-corrected chi connectivity index (χ1v) is 14.7. The number of nitrogens with one attached hydrogen (secondary N) is 1. The molecule has 0 aliphatic heterocycles. The van der Waals surface area contributed by atoms with E-state index in [0.29, 0.717) is 22.2 Å². The molecule has 10 heteroatoms. The molecule has 0 unspecified atom stereocenters. The standard InChI is InChI=1S/C28H31Cl2N3O4S/c1-31-28(35)26(18-21-8-4-3-5-9-21)32(20-22-13-15-23(29)16-14-22)27(34)12-7-17-33(38(2,36)37)25-11-6-10-24(30)19-25/h3-6,8-11,13-16,19,26H,7,12,17-18,20H2,1-2H3,(H,31,35)/t26-/m1/s1. The SMILES string of the molecule is CNC(=O)[C@@H](Cc1ccccc1)N(Cc1ccc(Cl)cc1)C(=O)CCCN(c1cccc(Cl)c1)S(C)(=O)=O. The summed E-state index contributed by atoms with van der Waals surface area (Å²) in [6, 6.07) is 22.4. The van der Waals surface area contributed by atoms with Crippen molar-refractivity contribution in [1.29, 1.82) is 0 Å². The van der Waals surface area contributed by atoms with Crippen molar-refractivity contribution in [3.05, 3.63) is 100 Å². The van der Waals surface area contributed by atoms with Crippen LogP contribution in [-0.4, -0.2) is 51.0 Å². The summed E-state index contributed by atoms with van der Waals surface area (Å²) < 4.78 is 26.2. The van der Waals surface area contributed by atoms with Crippen LogP contribution in [0.15, 0.2) is 78.9 Å². The summed E-state index contributed by atoms with van der Waals surface area (Å²) in [7, 11) is -2.06. The molecule has 0 radical (unpaired) electrons. The van der Waals surface area contributed by atoms with Gasteiger partial charge in [-0.1, -0.05) is 71.7 Å². The van der Waals surface area contributed by atoms with E-state index in [1.807, 2.05) is 42.5 Å². The average molecular weight is 577 g/mol. The van der Waals surface area contributed by atoms with Crippen molar-refractivity contribution >= 4 is 50.7 Å². The highest BCUT2D eigenvalue weighted by Crippen LogP contribution is 2.23. The number of carbonyl (C=O) groups is 2. The number of rotatable bonds is 12. The molecule has 3 aromatic rings. The zero-order valence-electron chi connectivity index (χ0n) is 21.3. The molecule has 0 bridgehead atoms. The summed E-state index contributed by atoms with van der Waals surface area (Å²) in [5.74, 6) is -0.545. The number of halogens is 2. The Morgan fingerprint density at radius 1 is 0.895 bits per heavy atom. The molecule has 0 heterocycles. The summed E-state index contributed by atoms with van der Waals surface area (Å²) in [5.41, 5.74) is 2.17. The molecule has 3 rings (SSSR count). The van der Waals surface area contributed by atoms with Crippen molar-refractivity contribution < 1.29 is 18.0 Å². The molecule has 202 valence electrons. The lowest BCUT2D eigenvalue weighted by Crippen LogP contribution is -2.49. The molecule has 0 aromatic heterocycles. The highest BCUT2D eigenvalue weighted by atomic mass is 35.5. The first kappa shape index (κ1) is 29.5. The first-order chi connectivity index (χ1) is 18.1. The van der Waals surface area contributed by atoms with Crippen molar-refractivity contribution in [2.24, 2.45) is 0 Å². The third-order valence-electron chi connectivity index (χ3n) is 6.03. The Balaban J connectivity index is 1.84. The Labute approximate surface area is 234 Å². The van der Waals surface area contributed by atoms with Crippen LogP contribution in [0.1, 0.15) is 24.0 Å². The Bertz CT molecular complexity index is 1340. The van der Waals surface area contributed by atoms with Crippen molar-refractivity contribution in [2.75, 3.05) is 24.2 Å². The van der Waals surface area contributed by atoms with Crippen LogP contribution in [0.4, 0.5) is 5.69 Å². The van der Waals surface area contributed by atoms with E-state index in [9.17, 15) is 18.0 Å². The van der Waals surface area contributed by atoms with Crippen molar-refractivity contribution in [3.8, 4) is 0 Å². The predicted molar refractivity (Wildman–Crippen MR) is 153 cm³/mol. The van der Waals surface area contributed by atoms with Gasteiger partial charge in [-0.15, -0.1) is 0 Å². The summed E-state index contributed by atoms with van der Waals surface area (Å²) >= 11 is 12.1. The first-order valence-electron chi connectivity index (χ1n) is 12.1. The van der Waals surface area contributed by atoms with E-state index >= 15 is 0 Å². The average Bonchev–Trinajstić information content (AvgIpc) is 2.89. The van der Waals surface area contributed by atoms with Gasteiger partial charge in [0.25, 0.3) is 0 Å². The lowest BCUT2D eigenvalue weighted by Gasteiger charge is -2.31. The summed E-state index contributed by atoms with van der Waals surface area (Å²) in [6.45, 7) is 0.286. The van der Waals surface area contributed by atoms with Crippen LogP contribution < -0.4 is 9.62 Å². The van der Waals surface area contributed by atoms with Crippen molar-refractivity contribution in [1.82, 2.24) is 10.2 Å². The van der Waals surface area contributed by atoms with E-state index in [1.165, 1.54) is 4.31 Å². The quantitative estimate of drug-likeness (QED) is 0.332. The minimum atomic E-state index is -3.61. The molecule has 0 spiro atoms. The number of nitrogens with zero attached hydrogens (tertiary/aromatic N) is 2. The Hall–Kier alpha value is -3.07. The maximum absolute atomic E-state index is 13.6. The summed E-state index contributed by atoms with van der Waals surface area (Å²) in [6.07, 6.45) is 1.74. The molecule has 38 heavy (non-hydrogen) atoms. The maximum Gasteiger partial charge on any atom is 0.242 e. The van der Waals surface area contributed by atoms with Crippen LogP contribution in [0.5, 0.6) is 0 Å². The molecule has 3 aromatic carbocycles. The van der Waals surface area contributed by atoms with Crippen molar-refractivity contribution in [2.45, 2.75) is 31.8 Å². The molecule has 7 nitrogen and oxygen atoms in total. The van der Waals surface area contributed by atoms with Gasteiger partial charge >= 0.3 is 0 Å². The van der Waals surface area contributed by atoms with Crippen LogP contribution in [0, 0.1) is 0 Å². The van der Waals surface area contributed by atoms with Gasteiger partial charge in [0.05, 0.1) is 11.9 Å². The number of carbonyl (C=O) groups excluding carboxylic acids is 2. The third kappa shape index (κ3) is 8.48. The van der Waals surface area contributed by atoms with Crippen LogP contribution in [0.25, 0.3) is 0 Å². The highest BCUT2D eigenvalue weighted by Gasteiger charge is 2.30. The number of benzene rings is 3. The van der Waals surface area contributed by atoms with Gasteiger partial charge in [-0.25, -0.2) is 8.42 Å². The van der Waals surface area contributed by atoms with Gasteiger partial charge in [-0.3, -0.25) is 13.9 Å². The molecule has 0 aliphatic carbocycles. The smallest absolute Gasteiger partial charge is 0.242 e. The zero-order valence-corrected chi connectivity index (χ0v) is 23.6. The van der Waals surface area contributed by atoms with Crippen LogP contribution >= 0.6 is 23.2 Å². The van der Waals surface area contributed by atoms with Gasteiger partial charge in [-0.2, -0.15) is 0 Å². The molecule has 0 aliphatic rings. The normalized spacial score (nSPS) is 12.0. The second-order valence-corrected chi connectivity index (χ2v) is 11.7. The Morgan fingerprint density at radius 2 is 1.58 bits per heavy atom. The molecule has 0 fully saturated rings. The number of sulfonamides is 1. The minimum Gasteiger partial charge on any atom is -0.357 e. The van der Waals surface area contributed by atoms with E-state index in [2.05, 4.69) is 5.32 Å². The molecular formula is C28H31Cl2N3O4S. The third-order valence-corrected chi connectivity index (χ3v) is 7.71. The fraction of sp³-hybridized carbons (Fsp3) is 0.286. The molecule has 1 atom stereocenters. The van der Waals surface area contributed by atoms with E-state index in [1.54, 1.807) is 48.3 Å². The molecule has 0 saturated carbocycles. The van der Waals surface area contributed by atoms with Gasteiger partial charge in [-0.05, 0) is 47.9 Å².